The van der Waals surface area contributed by atoms with Crippen LogP contribution in [0.25, 0.3) is 0 Å². The van der Waals surface area contributed by atoms with Crippen molar-refractivity contribution in [1.82, 2.24) is 5.32 Å². The molecular weight excluding hydrogens is 273 g/mol. The smallest absolute Gasteiger partial charge is 0.131 e. The summed E-state index contributed by atoms with van der Waals surface area (Å²) in [6, 6.07) is 9.47. The second-order valence-corrected chi connectivity index (χ2v) is 5.67. The van der Waals surface area contributed by atoms with Crippen LogP contribution in [0.15, 0.2) is 35.7 Å². The van der Waals surface area contributed by atoms with E-state index >= 15 is 0 Å². The molecule has 1 unspecified atom stereocenters. The number of methoxy groups -OCH3 is 1. The average Bonchev–Trinajstić information content (AvgIpc) is 2.98. The second kappa shape index (κ2) is 7.41. The van der Waals surface area contributed by atoms with E-state index < -0.39 is 0 Å². The molecule has 0 saturated heterocycles. The van der Waals surface area contributed by atoms with Gasteiger partial charge in [-0.2, -0.15) is 0 Å². The maximum atomic E-state index is 13.9. The number of halogens is 1. The molecule has 1 aromatic carbocycles. The van der Waals surface area contributed by atoms with E-state index in [4.69, 9.17) is 4.74 Å². The number of nitrogens with one attached hydrogen (secondary N) is 1. The van der Waals surface area contributed by atoms with Crippen molar-refractivity contribution in [2.24, 2.45) is 0 Å². The molecule has 1 aromatic heterocycles. The van der Waals surface area contributed by atoms with Crippen molar-refractivity contribution in [3.8, 4) is 5.75 Å². The molecule has 20 heavy (non-hydrogen) atoms. The summed E-state index contributed by atoms with van der Waals surface area (Å²) in [5.41, 5.74) is 0.670. The Balaban J connectivity index is 2.02. The quantitative estimate of drug-likeness (QED) is 0.810. The lowest BCUT2D eigenvalue weighted by molar-refractivity contribution is 0.410. The molecule has 1 atom stereocenters. The van der Waals surface area contributed by atoms with Gasteiger partial charge in [0, 0.05) is 29.1 Å². The van der Waals surface area contributed by atoms with Gasteiger partial charge < -0.3 is 10.1 Å². The molecule has 0 amide bonds. The molecule has 0 aliphatic rings. The zero-order chi connectivity index (χ0) is 14.4. The zero-order valence-electron chi connectivity index (χ0n) is 11.9. The Morgan fingerprint density at radius 3 is 2.80 bits per heavy atom. The van der Waals surface area contributed by atoms with Gasteiger partial charge in [-0.25, -0.2) is 4.39 Å². The van der Waals surface area contributed by atoms with Crippen LogP contribution in [0.4, 0.5) is 4.39 Å². The molecule has 1 heterocycles. The number of thiophene rings is 1. The molecule has 0 fully saturated rings. The summed E-state index contributed by atoms with van der Waals surface area (Å²) in [7, 11) is 1.54. The first-order valence-electron chi connectivity index (χ1n) is 6.83. The van der Waals surface area contributed by atoms with E-state index in [1.165, 1.54) is 10.9 Å². The van der Waals surface area contributed by atoms with Gasteiger partial charge in [0.1, 0.15) is 11.6 Å². The Morgan fingerprint density at radius 1 is 1.35 bits per heavy atom. The van der Waals surface area contributed by atoms with Gasteiger partial charge in [0.05, 0.1) is 7.11 Å². The normalized spacial score (nSPS) is 12.3. The van der Waals surface area contributed by atoms with Crippen molar-refractivity contribution >= 4 is 11.3 Å². The molecule has 108 valence electrons. The predicted molar refractivity (Wildman–Crippen MR) is 81.8 cm³/mol. The van der Waals surface area contributed by atoms with Gasteiger partial charge in [0.15, 0.2) is 0 Å². The summed E-state index contributed by atoms with van der Waals surface area (Å²) in [5, 5.41) is 5.52. The van der Waals surface area contributed by atoms with Crippen LogP contribution in [-0.2, 0) is 6.54 Å². The highest BCUT2D eigenvalue weighted by Crippen LogP contribution is 2.24. The Morgan fingerprint density at radius 2 is 2.20 bits per heavy atom. The van der Waals surface area contributed by atoms with E-state index in [9.17, 15) is 4.39 Å². The Bertz CT molecular complexity index is 527. The molecule has 0 aliphatic carbocycles. The maximum absolute atomic E-state index is 13.9. The summed E-state index contributed by atoms with van der Waals surface area (Å²) < 4.78 is 18.9. The third-order valence-electron chi connectivity index (χ3n) is 3.26. The van der Waals surface area contributed by atoms with E-state index in [1.54, 1.807) is 30.6 Å². The SMILES string of the molecule is CCCC(NCc1ccc(OC)cc1F)c1cccs1. The van der Waals surface area contributed by atoms with Crippen molar-refractivity contribution in [3.05, 3.63) is 52.0 Å². The Kier molecular flexibility index (Phi) is 5.56. The fourth-order valence-corrected chi connectivity index (χ4v) is 2.99. The first-order chi connectivity index (χ1) is 9.74. The highest BCUT2D eigenvalue weighted by atomic mass is 32.1. The van der Waals surface area contributed by atoms with E-state index in [-0.39, 0.29) is 5.82 Å². The van der Waals surface area contributed by atoms with Crippen LogP contribution in [0.1, 0.15) is 36.2 Å². The molecule has 0 aliphatic heterocycles. The molecular formula is C16H20FNOS. The first-order valence-corrected chi connectivity index (χ1v) is 7.71. The Labute approximate surface area is 123 Å². The lowest BCUT2D eigenvalue weighted by atomic mass is 10.1. The van der Waals surface area contributed by atoms with Crippen molar-refractivity contribution in [2.45, 2.75) is 32.4 Å². The summed E-state index contributed by atoms with van der Waals surface area (Å²) in [6.45, 7) is 2.69. The lowest BCUT2D eigenvalue weighted by Gasteiger charge is -2.17. The van der Waals surface area contributed by atoms with Gasteiger partial charge in [-0.15, -0.1) is 11.3 Å². The van der Waals surface area contributed by atoms with E-state index in [1.807, 2.05) is 0 Å². The van der Waals surface area contributed by atoms with Gasteiger partial charge >= 0.3 is 0 Å². The minimum atomic E-state index is -0.224. The largest absolute Gasteiger partial charge is 0.497 e. The van der Waals surface area contributed by atoms with E-state index in [0.29, 0.717) is 23.9 Å². The summed E-state index contributed by atoms with van der Waals surface area (Å²) >= 11 is 1.74. The van der Waals surface area contributed by atoms with Crippen LogP contribution in [0, 0.1) is 5.82 Å². The van der Waals surface area contributed by atoms with Crippen LogP contribution < -0.4 is 10.1 Å². The molecule has 0 saturated carbocycles. The minimum absolute atomic E-state index is 0.224. The number of hydrogen-bond donors (Lipinski definition) is 1. The highest BCUT2D eigenvalue weighted by Gasteiger charge is 2.12. The topological polar surface area (TPSA) is 21.3 Å². The molecule has 0 radical (unpaired) electrons. The van der Waals surface area contributed by atoms with Gasteiger partial charge in [0.25, 0.3) is 0 Å². The summed E-state index contributed by atoms with van der Waals surface area (Å²) in [5.74, 6) is 0.327. The van der Waals surface area contributed by atoms with Gasteiger partial charge in [-0.1, -0.05) is 25.5 Å². The van der Waals surface area contributed by atoms with Crippen LogP contribution >= 0.6 is 11.3 Å². The standard InChI is InChI=1S/C16H20FNOS/c1-3-5-15(16-6-4-9-20-16)18-11-12-7-8-13(19-2)10-14(12)17/h4,6-10,15,18H,3,5,11H2,1-2H3. The van der Waals surface area contributed by atoms with Gasteiger partial charge in [0.2, 0.25) is 0 Å². The maximum Gasteiger partial charge on any atom is 0.131 e. The van der Waals surface area contributed by atoms with E-state index in [0.717, 1.165) is 12.8 Å². The number of rotatable bonds is 7. The third kappa shape index (κ3) is 3.81. The van der Waals surface area contributed by atoms with Gasteiger partial charge in [-0.3, -0.25) is 0 Å². The fraction of sp³-hybridized carbons (Fsp3) is 0.375. The summed E-state index contributed by atoms with van der Waals surface area (Å²) in [4.78, 5) is 1.31. The zero-order valence-corrected chi connectivity index (χ0v) is 12.7. The molecule has 2 rings (SSSR count). The van der Waals surface area contributed by atoms with Crippen molar-refractivity contribution in [1.29, 1.82) is 0 Å². The van der Waals surface area contributed by atoms with Crippen molar-refractivity contribution in [2.75, 3.05) is 7.11 Å². The number of benzene rings is 1. The molecule has 2 nitrogen and oxygen atoms in total. The number of ether oxygens (including phenoxy) is 1. The first kappa shape index (κ1) is 15.0. The molecule has 4 heteroatoms. The molecule has 1 N–H and O–H groups in total. The minimum Gasteiger partial charge on any atom is -0.497 e. The molecule has 2 aromatic rings. The van der Waals surface area contributed by atoms with Crippen molar-refractivity contribution in [3.63, 3.8) is 0 Å². The highest BCUT2D eigenvalue weighted by molar-refractivity contribution is 7.10. The predicted octanol–water partition coefficient (Wildman–Crippen LogP) is 4.53. The summed E-state index contributed by atoms with van der Waals surface area (Å²) in [6.07, 6.45) is 2.15. The van der Waals surface area contributed by atoms with Crippen LogP contribution in [-0.4, -0.2) is 7.11 Å². The van der Waals surface area contributed by atoms with Crippen molar-refractivity contribution < 1.29 is 9.13 Å². The number of hydrogen-bond acceptors (Lipinski definition) is 3. The van der Waals surface area contributed by atoms with Gasteiger partial charge in [-0.05, 0) is 23.9 Å². The second-order valence-electron chi connectivity index (χ2n) is 4.69. The van der Waals surface area contributed by atoms with Crippen LogP contribution in [0.3, 0.4) is 0 Å². The van der Waals surface area contributed by atoms with Crippen LogP contribution in [0.5, 0.6) is 5.75 Å². The fourth-order valence-electron chi connectivity index (χ4n) is 2.15. The lowest BCUT2D eigenvalue weighted by Crippen LogP contribution is -2.20. The monoisotopic (exact) mass is 293 g/mol. The Hall–Kier alpha value is -1.39. The third-order valence-corrected chi connectivity index (χ3v) is 4.25. The molecule has 0 spiro atoms. The molecule has 0 bridgehead atoms. The van der Waals surface area contributed by atoms with Crippen LogP contribution in [0.2, 0.25) is 0 Å². The average molecular weight is 293 g/mol. The van der Waals surface area contributed by atoms with E-state index in [2.05, 4.69) is 29.8 Å².